The Hall–Kier alpha value is -1.84. The molecule has 0 unspecified atom stereocenters. The van der Waals surface area contributed by atoms with Crippen LogP contribution in [0.4, 0.5) is 0 Å². The van der Waals surface area contributed by atoms with Gasteiger partial charge in [-0.25, -0.2) is 13.1 Å². The van der Waals surface area contributed by atoms with E-state index in [2.05, 4.69) is 15.9 Å². The molecule has 3 rings (SSSR count). The Kier molecular flexibility index (Phi) is 4.93. The van der Waals surface area contributed by atoms with Crippen LogP contribution in [0.1, 0.15) is 5.56 Å². The topological polar surface area (TPSA) is 81.7 Å². The maximum absolute atomic E-state index is 12.0. The number of ether oxygens (including phenoxy) is 2. The zero-order chi connectivity index (χ0) is 17.2. The molecule has 1 aromatic heterocycles. The number of hydrogen-bond acceptors (Lipinski definition) is 6. The van der Waals surface area contributed by atoms with E-state index in [1.807, 2.05) is 4.72 Å². The molecule has 126 valence electrons. The minimum atomic E-state index is -3.86. The summed E-state index contributed by atoms with van der Waals surface area (Å²) in [5, 5.41) is 0. The number of halogens is 1. The monoisotopic (exact) mass is 429 g/mol. The van der Waals surface area contributed by atoms with Crippen LogP contribution >= 0.6 is 27.3 Å². The summed E-state index contributed by atoms with van der Waals surface area (Å²) >= 11 is 4.21. The predicted molar refractivity (Wildman–Crippen MR) is 93.8 cm³/mol. The first kappa shape index (κ1) is 17.0. The first-order valence-corrected chi connectivity index (χ1v) is 9.93. The normalized spacial score (nSPS) is 13.9. The Labute approximate surface area is 151 Å². The summed E-state index contributed by atoms with van der Waals surface area (Å²) in [7, 11) is -3.86. The summed E-state index contributed by atoms with van der Waals surface area (Å²) < 4.78 is 37.7. The molecule has 1 aromatic carbocycles. The van der Waals surface area contributed by atoms with Gasteiger partial charge in [0.2, 0.25) is 0 Å². The van der Waals surface area contributed by atoms with Crippen LogP contribution in [-0.2, 0) is 14.8 Å². The van der Waals surface area contributed by atoms with E-state index in [4.69, 9.17) is 9.47 Å². The third kappa shape index (κ3) is 3.97. The van der Waals surface area contributed by atoms with Crippen molar-refractivity contribution in [3.8, 4) is 11.5 Å². The highest BCUT2D eigenvalue weighted by Crippen LogP contribution is 2.31. The Morgan fingerprint density at radius 1 is 1.17 bits per heavy atom. The highest BCUT2D eigenvalue weighted by molar-refractivity contribution is 9.11. The number of thiophene rings is 1. The third-order valence-electron chi connectivity index (χ3n) is 3.04. The maximum atomic E-state index is 12.0. The van der Waals surface area contributed by atoms with Gasteiger partial charge in [-0.3, -0.25) is 4.79 Å². The molecule has 0 spiro atoms. The van der Waals surface area contributed by atoms with E-state index >= 15 is 0 Å². The standard InChI is InChI=1S/C15H12BrNO5S2/c16-13-4-6-15(23-13)24(19,20)17-14(18)5-2-10-1-3-11-12(9-10)22-8-7-21-11/h1-6,9H,7-8H2,(H,17,18)/b5-2+. The van der Waals surface area contributed by atoms with Gasteiger partial charge in [0.25, 0.3) is 15.9 Å². The number of amides is 1. The summed E-state index contributed by atoms with van der Waals surface area (Å²) in [6.07, 6.45) is 2.67. The molecule has 0 fully saturated rings. The fraction of sp³-hybridized carbons (Fsp3) is 0.133. The minimum absolute atomic E-state index is 0.0652. The van der Waals surface area contributed by atoms with Gasteiger partial charge < -0.3 is 9.47 Å². The van der Waals surface area contributed by atoms with E-state index in [0.29, 0.717) is 34.1 Å². The number of hydrogen-bond donors (Lipinski definition) is 1. The van der Waals surface area contributed by atoms with Gasteiger partial charge >= 0.3 is 0 Å². The molecule has 9 heteroatoms. The van der Waals surface area contributed by atoms with Gasteiger partial charge in [0.15, 0.2) is 11.5 Å². The van der Waals surface area contributed by atoms with Crippen molar-refractivity contribution in [2.75, 3.05) is 13.2 Å². The summed E-state index contributed by atoms with van der Waals surface area (Å²) in [4.78, 5) is 11.9. The zero-order valence-corrected chi connectivity index (χ0v) is 15.4. The van der Waals surface area contributed by atoms with Gasteiger partial charge in [-0.15, -0.1) is 11.3 Å². The van der Waals surface area contributed by atoms with Crippen molar-refractivity contribution < 1.29 is 22.7 Å². The lowest BCUT2D eigenvalue weighted by molar-refractivity contribution is -0.114. The highest BCUT2D eigenvalue weighted by Gasteiger charge is 2.18. The summed E-state index contributed by atoms with van der Waals surface area (Å²) in [6, 6.07) is 8.25. The summed E-state index contributed by atoms with van der Waals surface area (Å²) in [5.74, 6) is 0.517. The third-order valence-corrected chi connectivity index (χ3v) is 6.50. The van der Waals surface area contributed by atoms with Crippen LogP contribution in [0.3, 0.4) is 0 Å². The Bertz CT molecular complexity index is 904. The molecule has 1 aliphatic rings. The van der Waals surface area contributed by atoms with E-state index < -0.39 is 15.9 Å². The molecule has 0 atom stereocenters. The molecule has 6 nitrogen and oxygen atoms in total. The van der Waals surface area contributed by atoms with Crippen molar-refractivity contribution in [3.05, 3.63) is 45.8 Å². The molecule has 2 aromatic rings. The second-order valence-corrected chi connectivity index (χ2v) is 9.14. The van der Waals surface area contributed by atoms with Gasteiger partial charge in [0.1, 0.15) is 17.4 Å². The van der Waals surface area contributed by atoms with Crippen molar-refractivity contribution in [2.24, 2.45) is 0 Å². The lowest BCUT2D eigenvalue weighted by Crippen LogP contribution is -2.28. The van der Waals surface area contributed by atoms with Crippen molar-refractivity contribution in [2.45, 2.75) is 4.21 Å². The number of fused-ring (bicyclic) bond motifs is 1. The molecule has 0 radical (unpaired) electrons. The molecule has 0 aliphatic carbocycles. The van der Waals surface area contributed by atoms with Crippen LogP contribution in [0.2, 0.25) is 0 Å². The van der Waals surface area contributed by atoms with Crippen molar-refractivity contribution in [3.63, 3.8) is 0 Å². The van der Waals surface area contributed by atoms with Crippen molar-refractivity contribution in [1.29, 1.82) is 0 Å². The van der Waals surface area contributed by atoms with Crippen LogP contribution in [0.15, 0.2) is 44.4 Å². The largest absolute Gasteiger partial charge is 0.486 e. The van der Waals surface area contributed by atoms with Gasteiger partial charge in [0, 0.05) is 6.08 Å². The van der Waals surface area contributed by atoms with Crippen LogP contribution in [-0.4, -0.2) is 27.5 Å². The van der Waals surface area contributed by atoms with E-state index in [-0.39, 0.29) is 4.21 Å². The van der Waals surface area contributed by atoms with Crippen molar-refractivity contribution in [1.82, 2.24) is 4.72 Å². The lowest BCUT2D eigenvalue weighted by Gasteiger charge is -2.18. The molecule has 1 N–H and O–H groups in total. The average Bonchev–Trinajstić information content (AvgIpc) is 3.00. The SMILES string of the molecule is O=C(/C=C/c1ccc2c(c1)OCCO2)NS(=O)(=O)c1ccc(Br)s1. The molecule has 0 bridgehead atoms. The summed E-state index contributed by atoms with van der Waals surface area (Å²) in [5.41, 5.74) is 0.700. The smallest absolute Gasteiger partial charge is 0.273 e. The number of carbonyl (C=O) groups excluding carboxylic acids is 1. The number of nitrogens with one attached hydrogen (secondary N) is 1. The second kappa shape index (κ2) is 6.96. The molecular formula is C15H12BrNO5S2. The summed E-state index contributed by atoms with van der Waals surface area (Å²) in [6.45, 7) is 0.969. The number of carbonyl (C=O) groups is 1. The van der Waals surface area contributed by atoms with Crippen molar-refractivity contribution >= 4 is 49.3 Å². The molecule has 0 saturated carbocycles. The van der Waals surface area contributed by atoms with E-state index in [9.17, 15) is 13.2 Å². The molecule has 0 saturated heterocycles. The number of sulfonamides is 1. The van der Waals surface area contributed by atoms with E-state index in [0.717, 1.165) is 17.4 Å². The highest BCUT2D eigenvalue weighted by atomic mass is 79.9. The minimum Gasteiger partial charge on any atom is -0.486 e. The fourth-order valence-electron chi connectivity index (χ4n) is 1.99. The van der Waals surface area contributed by atoms with Crippen LogP contribution in [0, 0.1) is 0 Å². The second-order valence-electron chi connectivity index (χ2n) is 4.76. The molecule has 24 heavy (non-hydrogen) atoms. The van der Waals surface area contributed by atoms with Crippen LogP contribution in [0.5, 0.6) is 11.5 Å². The van der Waals surface area contributed by atoms with Crippen LogP contribution < -0.4 is 14.2 Å². The first-order chi connectivity index (χ1) is 11.4. The lowest BCUT2D eigenvalue weighted by atomic mass is 10.2. The first-order valence-electron chi connectivity index (χ1n) is 6.84. The number of benzene rings is 1. The quantitative estimate of drug-likeness (QED) is 0.755. The number of rotatable bonds is 4. The van der Waals surface area contributed by atoms with Gasteiger partial charge in [-0.1, -0.05) is 6.07 Å². The Morgan fingerprint density at radius 2 is 1.92 bits per heavy atom. The predicted octanol–water partition coefficient (Wildman–Crippen LogP) is 2.80. The molecular weight excluding hydrogens is 418 g/mol. The van der Waals surface area contributed by atoms with Crippen LogP contribution in [0.25, 0.3) is 6.08 Å². The van der Waals surface area contributed by atoms with Gasteiger partial charge in [-0.2, -0.15) is 0 Å². The Morgan fingerprint density at radius 3 is 2.62 bits per heavy atom. The Balaban J connectivity index is 1.69. The molecule has 1 amide bonds. The fourth-order valence-corrected chi connectivity index (χ4v) is 4.95. The van der Waals surface area contributed by atoms with Gasteiger partial charge in [0.05, 0.1) is 3.79 Å². The average molecular weight is 430 g/mol. The molecule has 1 aliphatic heterocycles. The van der Waals surface area contributed by atoms with E-state index in [1.54, 1.807) is 24.3 Å². The van der Waals surface area contributed by atoms with Gasteiger partial charge in [-0.05, 0) is 51.8 Å². The maximum Gasteiger partial charge on any atom is 0.273 e. The zero-order valence-electron chi connectivity index (χ0n) is 12.2. The van der Waals surface area contributed by atoms with E-state index in [1.165, 1.54) is 12.1 Å². The molecule has 2 heterocycles.